The molecule has 0 fully saturated rings. The summed E-state index contributed by atoms with van der Waals surface area (Å²) >= 11 is 6.40. The van der Waals surface area contributed by atoms with Crippen molar-refractivity contribution < 1.29 is 13.2 Å². The summed E-state index contributed by atoms with van der Waals surface area (Å²) < 4.78 is 24.9. The molecule has 0 radical (unpaired) electrons. The second-order valence-corrected chi connectivity index (χ2v) is 5.45. The first kappa shape index (κ1) is 12.4. The highest BCUT2D eigenvalue weighted by molar-refractivity contribution is 8.14. The molecule has 0 saturated heterocycles. The van der Waals surface area contributed by atoms with Gasteiger partial charge < -0.3 is 0 Å². The van der Waals surface area contributed by atoms with Gasteiger partial charge in [-0.2, -0.15) is 0 Å². The number of hydrogen-bond acceptors (Lipinski definition) is 4. The normalized spacial score (nSPS) is 11.1. The molecule has 0 heterocycles. The Bertz CT molecular complexity index is 455. The predicted molar refractivity (Wildman–Crippen MR) is 60.7 cm³/mol. The van der Waals surface area contributed by atoms with Crippen LogP contribution in [0.4, 0.5) is 4.79 Å². The minimum absolute atomic E-state index is 0.00861. The van der Waals surface area contributed by atoms with Gasteiger partial charge in [-0.25, -0.2) is 13.1 Å². The summed E-state index contributed by atoms with van der Waals surface area (Å²) in [5.74, 6) is 0. The number of hydrogen-bond donors (Lipinski definition) is 1. The van der Waals surface area contributed by atoms with Gasteiger partial charge in [0.15, 0.2) is 0 Å². The lowest BCUT2D eigenvalue weighted by Gasteiger charge is -2.04. The maximum absolute atomic E-state index is 11.5. The zero-order valence-electron chi connectivity index (χ0n) is 7.73. The molecule has 0 aliphatic heterocycles. The summed E-state index contributed by atoms with van der Waals surface area (Å²) in [6, 6.07) is 5.55. The molecule has 1 aromatic rings. The van der Waals surface area contributed by atoms with Crippen molar-refractivity contribution in [3.05, 3.63) is 29.3 Å². The van der Waals surface area contributed by atoms with E-state index in [1.165, 1.54) is 30.5 Å². The molecule has 0 atom stereocenters. The highest BCUT2D eigenvalue weighted by Crippen LogP contribution is 2.14. The fourth-order valence-electron chi connectivity index (χ4n) is 0.824. The van der Waals surface area contributed by atoms with Crippen molar-refractivity contribution in [2.24, 2.45) is 0 Å². The molecule has 1 amide bonds. The van der Waals surface area contributed by atoms with E-state index in [-0.39, 0.29) is 4.90 Å². The third-order valence-electron chi connectivity index (χ3n) is 1.53. The van der Waals surface area contributed by atoms with Crippen LogP contribution in [0.3, 0.4) is 0 Å². The van der Waals surface area contributed by atoms with Gasteiger partial charge in [-0.3, -0.25) is 4.79 Å². The van der Waals surface area contributed by atoms with Crippen LogP contribution in [0.15, 0.2) is 29.2 Å². The minimum Gasteiger partial charge on any atom is -0.261 e. The van der Waals surface area contributed by atoms with E-state index in [1.54, 1.807) is 0 Å². The molecule has 0 spiro atoms. The lowest BCUT2D eigenvalue weighted by molar-refractivity contribution is 0.265. The molecule has 0 aliphatic carbocycles. The molecule has 0 bridgehead atoms. The summed E-state index contributed by atoms with van der Waals surface area (Å²) in [5, 5.41) is -0.185. The standard InChI is InChI=1S/C8H8ClNO3S2/c1-14-8(11)10-15(12,13)7-4-2-6(9)3-5-7/h2-5H,1H3,(H,10,11). The van der Waals surface area contributed by atoms with E-state index in [0.29, 0.717) is 5.02 Å². The second kappa shape index (κ2) is 4.87. The maximum Gasteiger partial charge on any atom is 0.292 e. The summed E-state index contributed by atoms with van der Waals surface area (Å²) in [4.78, 5) is 10.9. The average Bonchev–Trinajstić information content (AvgIpc) is 2.17. The molecule has 0 saturated carbocycles. The molecule has 1 rings (SSSR count). The van der Waals surface area contributed by atoms with Crippen molar-refractivity contribution in [1.82, 2.24) is 4.72 Å². The van der Waals surface area contributed by atoms with E-state index < -0.39 is 15.3 Å². The van der Waals surface area contributed by atoms with E-state index >= 15 is 0 Å². The van der Waals surface area contributed by atoms with Gasteiger partial charge in [0.25, 0.3) is 15.3 Å². The summed E-state index contributed by atoms with van der Waals surface area (Å²) in [7, 11) is -3.77. The molecule has 4 nitrogen and oxygen atoms in total. The van der Waals surface area contributed by atoms with Gasteiger partial charge in [0, 0.05) is 5.02 Å². The first-order valence-corrected chi connectivity index (χ1v) is 6.90. The molecule has 82 valence electrons. The molecule has 0 aliphatic rings. The van der Waals surface area contributed by atoms with Gasteiger partial charge in [-0.05, 0) is 30.5 Å². The van der Waals surface area contributed by atoms with Crippen molar-refractivity contribution in [3.8, 4) is 0 Å². The number of halogens is 1. The van der Waals surface area contributed by atoms with Crippen LogP contribution in [0.1, 0.15) is 0 Å². The zero-order valence-corrected chi connectivity index (χ0v) is 10.1. The van der Waals surface area contributed by atoms with Crippen LogP contribution in [0.5, 0.6) is 0 Å². The van der Waals surface area contributed by atoms with Gasteiger partial charge in [-0.15, -0.1) is 0 Å². The molecular formula is C8H8ClNO3S2. The Kier molecular flexibility index (Phi) is 4.01. The van der Waals surface area contributed by atoms with Crippen LogP contribution in [-0.2, 0) is 10.0 Å². The monoisotopic (exact) mass is 265 g/mol. The SMILES string of the molecule is CSC(=O)NS(=O)(=O)c1ccc(Cl)cc1. The van der Waals surface area contributed by atoms with Crippen molar-refractivity contribution >= 4 is 38.6 Å². The Morgan fingerprint density at radius 3 is 2.33 bits per heavy atom. The third kappa shape index (κ3) is 3.40. The van der Waals surface area contributed by atoms with Gasteiger partial charge in [0.05, 0.1) is 4.90 Å². The zero-order chi connectivity index (χ0) is 11.5. The van der Waals surface area contributed by atoms with E-state index in [1.807, 2.05) is 4.72 Å². The fourth-order valence-corrected chi connectivity index (χ4v) is 2.44. The number of nitrogens with one attached hydrogen (secondary N) is 1. The highest BCUT2D eigenvalue weighted by atomic mass is 35.5. The number of amides is 1. The predicted octanol–water partition coefficient (Wildman–Crippen LogP) is 2.10. The molecule has 1 N–H and O–H groups in total. The smallest absolute Gasteiger partial charge is 0.261 e. The van der Waals surface area contributed by atoms with Gasteiger partial charge in [0.1, 0.15) is 0 Å². The average molecular weight is 266 g/mol. The Balaban J connectivity index is 2.96. The van der Waals surface area contributed by atoms with Crippen LogP contribution >= 0.6 is 23.4 Å². The highest BCUT2D eigenvalue weighted by Gasteiger charge is 2.16. The third-order valence-corrected chi connectivity index (χ3v) is 3.73. The lowest BCUT2D eigenvalue weighted by atomic mass is 10.4. The first-order chi connectivity index (χ1) is 6.95. The number of rotatable bonds is 2. The van der Waals surface area contributed by atoms with Crippen molar-refractivity contribution in [2.75, 3.05) is 6.26 Å². The van der Waals surface area contributed by atoms with Crippen LogP contribution < -0.4 is 4.72 Å². The number of carbonyl (C=O) groups is 1. The van der Waals surface area contributed by atoms with Gasteiger partial charge in [-0.1, -0.05) is 23.4 Å². The molecule has 7 heteroatoms. The Labute approximate surface area is 97.1 Å². The number of carbonyl (C=O) groups excluding carboxylic acids is 1. The van der Waals surface area contributed by atoms with Crippen LogP contribution in [0, 0.1) is 0 Å². The topological polar surface area (TPSA) is 63.2 Å². The first-order valence-electron chi connectivity index (χ1n) is 3.82. The van der Waals surface area contributed by atoms with Crippen molar-refractivity contribution in [1.29, 1.82) is 0 Å². The molecule has 15 heavy (non-hydrogen) atoms. The Morgan fingerprint density at radius 2 is 1.87 bits per heavy atom. The molecule has 0 unspecified atom stereocenters. The van der Waals surface area contributed by atoms with E-state index in [9.17, 15) is 13.2 Å². The van der Waals surface area contributed by atoms with Crippen LogP contribution in [0.25, 0.3) is 0 Å². The van der Waals surface area contributed by atoms with E-state index in [0.717, 1.165) is 11.8 Å². The van der Waals surface area contributed by atoms with Crippen molar-refractivity contribution in [3.63, 3.8) is 0 Å². The quantitative estimate of drug-likeness (QED) is 0.890. The Hall–Kier alpha value is -0.720. The molecule has 0 aromatic heterocycles. The van der Waals surface area contributed by atoms with Crippen LogP contribution in [-0.4, -0.2) is 19.9 Å². The lowest BCUT2D eigenvalue weighted by Crippen LogP contribution is -2.26. The summed E-state index contributed by atoms with van der Waals surface area (Å²) in [6.45, 7) is 0. The van der Waals surface area contributed by atoms with Crippen molar-refractivity contribution in [2.45, 2.75) is 4.90 Å². The maximum atomic E-state index is 11.5. The number of sulfonamides is 1. The molecule has 1 aromatic carbocycles. The van der Waals surface area contributed by atoms with E-state index in [4.69, 9.17) is 11.6 Å². The van der Waals surface area contributed by atoms with Gasteiger partial charge >= 0.3 is 0 Å². The minimum atomic E-state index is -3.77. The fraction of sp³-hybridized carbons (Fsp3) is 0.125. The summed E-state index contributed by atoms with van der Waals surface area (Å²) in [5.41, 5.74) is 0. The number of benzene rings is 1. The van der Waals surface area contributed by atoms with Crippen LogP contribution in [0.2, 0.25) is 5.02 Å². The van der Waals surface area contributed by atoms with Gasteiger partial charge in [0.2, 0.25) is 0 Å². The Morgan fingerprint density at radius 1 is 1.33 bits per heavy atom. The van der Waals surface area contributed by atoms with E-state index in [2.05, 4.69) is 0 Å². The number of thioether (sulfide) groups is 1. The molecular weight excluding hydrogens is 258 g/mol. The summed E-state index contributed by atoms with van der Waals surface area (Å²) in [6.07, 6.45) is 1.49. The largest absolute Gasteiger partial charge is 0.292 e. The second-order valence-electron chi connectivity index (χ2n) is 2.55.